The van der Waals surface area contributed by atoms with E-state index in [-0.39, 0.29) is 11.7 Å². The molecule has 1 unspecified atom stereocenters. The van der Waals surface area contributed by atoms with Crippen LogP contribution in [0.2, 0.25) is 0 Å². The Morgan fingerprint density at radius 1 is 1.13 bits per heavy atom. The van der Waals surface area contributed by atoms with Crippen LogP contribution in [0, 0.1) is 29.6 Å². The molecule has 2 aromatic heterocycles. The summed E-state index contributed by atoms with van der Waals surface area (Å²) in [5, 5.41) is 20.6. The number of amides is 1. The highest BCUT2D eigenvalue weighted by Gasteiger charge is 2.34. The predicted molar refractivity (Wildman–Crippen MR) is 147 cm³/mol. The first kappa shape index (κ1) is 25.9. The molecule has 0 saturated carbocycles. The molecule has 0 radical (unpaired) electrons. The number of aryl methyl sites for hydroxylation is 1. The molecule has 2 fully saturated rings. The van der Waals surface area contributed by atoms with Crippen LogP contribution in [0.3, 0.4) is 0 Å². The number of benzene rings is 2. The summed E-state index contributed by atoms with van der Waals surface area (Å²) in [4.78, 5) is 34.7. The number of cyclic esters (lactones) is 1. The molecule has 2 aliphatic heterocycles. The lowest BCUT2D eigenvalue weighted by Crippen LogP contribution is -2.37. The van der Waals surface area contributed by atoms with E-state index in [1.807, 2.05) is 23.1 Å². The fourth-order valence-corrected chi connectivity index (χ4v) is 5.53. The van der Waals surface area contributed by atoms with Gasteiger partial charge >= 0.3 is 6.09 Å². The summed E-state index contributed by atoms with van der Waals surface area (Å²) in [6, 6.07) is 14.9. The Labute approximate surface area is 228 Å². The summed E-state index contributed by atoms with van der Waals surface area (Å²) in [7, 11) is 0. The third kappa shape index (κ3) is 5.31. The van der Waals surface area contributed by atoms with Gasteiger partial charge in [0.1, 0.15) is 23.5 Å². The predicted octanol–water partition coefficient (Wildman–Crippen LogP) is 4.19. The quantitative estimate of drug-likeness (QED) is 0.381. The molecule has 1 amide bonds. The van der Waals surface area contributed by atoms with Crippen molar-refractivity contribution in [3.63, 3.8) is 0 Å². The third-order valence-electron chi connectivity index (χ3n) is 6.85. The number of nitrogen functional groups attached to an aromatic ring is 1. The minimum Gasteiger partial charge on any atom is -0.447 e. The van der Waals surface area contributed by atoms with E-state index in [0.29, 0.717) is 63.4 Å². The van der Waals surface area contributed by atoms with Crippen molar-refractivity contribution in [2.75, 3.05) is 18.9 Å². The fourth-order valence-electron chi connectivity index (χ4n) is 4.75. The van der Waals surface area contributed by atoms with Crippen LogP contribution in [-0.4, -0.2) is 44.7 Å². The lowest BCUT2D eigenvalue weighted by molar-refractivity contribution is 0.154. The Kier molecular flexibility index (Phi) is 7.26. The summed E-state index contributed by atoms with van der Waals surface area (Å²) in [6.07, 6.45) is 3.42. The number of ether oxygens (including phenoxy) is 1. The van der Waals surface area contributed by atoms with Crippen molar-refractivity contribution in [3.8, 4) is 22.7 Å². The van der Waals surface area contributed by atoms with Crippen LogP contribution in [0.1, 0.15) is 41.9 Å². The van der Waals surface area contributed by atoms with Crippen molar-refractivity contribution in [2.24, 2.45) is 0 Å². The topological polar surface area (TPSA) is 151 Å². The second-order valence-corrected chi connectivity index (χ2v) is 10.2. The van der Waals surface area contributed by atoms with Crippen LogP contribution in [0.25, 0.3) is 21.5 Å². The molecular weight excluding hydrogens is 514 g/mol. The average Bonchev–Trinajstić information content (AvgIpc) is 3.59. The first-order chi connectivity index (χ1) is 18.9. The molecule has 196 valence electrons. The van der Waals surface area contributed by atoms with Gasteiger partial charge in [0.25, 0.3) is 5.56 Å². The molecule has 0 aliphatic carbocycles. The largest absolute Gasteiger partial charge is 0.447 e. The number of thiazole rings is 1. The molecular formula is C28H25N7O3S. The molecule has 4 heterocycles. The number of carbonyl (C=O) groups is 1. The second kappa shape index (κ2) is 10.9. The number of fused-ring (bicyclic) bond motifs is 2. The van der Waals surface area contributed by atoms with Crippen LogP contribution in [0.15, 0.2) is 46.6 Å². The zero-order valence-corrected chi connectivity index (χ0v) is 22.1. The van der Waals surface area contributed by atoms with Gasteiger partial charge in [0, 0.05) is 23.2 Å². The fraction of sp³-hybridized carbons (Fsp3) is 0.286. The van der Waals surface area contributed by atoms with E-state index in [0.717, 1.165) is 24.9 Å². The van der Waals surface area contributed by atoms with Gasteiger partial charge in [-0.1, -0.05) is 12.1 Å². The van der Waals surface area contributed by atoms with Gasteiger partial charge in [-0.15, -0.1) is 11.3 Å². The lowest BCUT2D eigenvalue weighted by Gasteiger charge is -2.25. The number of nitrogens with two attached hydrogens (primary N) is 1. The van der Waals surface area contributed by atoms with Gasteiger partial charge in [0.2, 0.25) is 0 Å². The zero-order valence-electron chi connectivity index (χ0n) is 21.3. The Morgan fingerprint density at radius 2 is 1.92 bits per heavy atom. The first-order valence-corrected chi connectivity index (χ1v) is 13.3. The van der Waals surface area contributed by atoms with Crippen LogP contribution >= 0.6 is 11.3 Å². The molecule has 0 bridgehead atoms. The van der Waals surface area contributed by atoms with Gasteiger partial charge in [-0.25, -0.2) is 14.8 Å². The molecule has 2 saturated heterocycles. The van der Waals surface area contributed by atoms with Crippen LogP contribution < -0.4 is 11.3 Å². The van der Waals surface area contributed by atoms with Crippen LogP contribution in [-0.2, 0) is 11.3 Å². The van der Waals surface area contributed by atoms with Gasteiger partial charge in [0.15, 0.2) is 5.69 Å². The number of hydrogen-bond acceptors (Lipinski definition) is 9. The highest BCUT2D eigenvalue weighted by atomic mass is 32.1. The summed E-state index contributed by atoms with van der Waals surface area (Å²) < 4.78 is 6.47. The van der Waals surface area contributed by atoms with Gasteiger partial charge in [-0.3, -0.25) is 9.36 Å². The van der Waals surface area contributed by atoms with E-state index in [2.05, 4.69) is 16.0 Å². The number of rotatable bonds is 3. The van der Waals surface area contributed by atoms with E-state index in [1.54, 1.807) is 41.1 Å². The van der Waals surface area contributed by atoms with E-state index >= 15 is 0 Å². The second-order valence-electron chi connectivity index (χ2n) is 9.39. The number of hydrogen-bond donors (Lipinski definition) is 1. The Balaban J connectivity index is 0.000000257. The Hall–Kier alpha value is -4.74. The number of nitrogens with zero attached hydrogens (tertiary/aromatic N) is 6. The van der Waals surface area contributed by atoms with Crippen molar-refractivity contribution in [1.29, 1.82) is 10.5 Å². The highest BCUT2D eigenvalue weighted by Crippen LogP contribution is 2.31. The van der Waals surface area contributed by atoms with E-state index in [4.69, 9.17) is 21.0 Å². The Bertz CT molecular complexity index is 1700. The van der Waals surface area contributed by atoms with Crippen molar-refractivity contribution < 1.29 is 9.53 Å². The van der Waals surface area contributed by atoms with Crippen molar-refractivity contribution >= 4 is 34.0 Å². The van der Waals surface area contributed by atoms with Gasteiger partial charge in [-0.05, 0) is 56.0 Å². The molecule has 4 aromatic rings. The van der Waals surface area contributed by atoms with E-state index < -0.39 is 0 Å². The standard InChI is InChI=1S/C21H14N6OS.C7H11NO2/c1-12-25-19-7-16(20-26-15(9-23)11-29-20)18(24)6-17(19)21(28)27(12)10-14-4-2-13(8-22)3-5-14;9-7-8-4-2-1-3-6(8)5-10-7/h2-7,11H,10,24H2,1H3;6H,1-5H2. The lowest BCUT2D eigenvalue weighted by atomic mass is 10.0. The maximum Gasteiger partial charge on any atom is 0.410 e. The van der Waals surface area contributed by atoms with Gasteiger partial charge in [0.05, 0.1) is 35.1 Å². The minimum absolute atomic E-state index is 0.107. The summed E-state index contributed by atoms with van der Waals surface area (Å²) in [6.45, 7) is 3.65. The molecule has 1 atom stereocenters. The molecule has 2 aliphatic rings. The van der Waals surface area contributed by atoms with Gasteiger partial charge < -0.3 is 15.4 Å². The van der Waals surface area contributed by atoms with Crippen molar-refractivity contribution in [3.05, 3.63) is 74.8 Å². The van der Waals surface area contributed by atoms with Gasteiger partial charge in [-0.2, -0.15) is 10.5 Å². The number of aromatic nitrogens is 3. The normalized spacial score (nSPS) is 16.0. The van der Waals surface area contributed by atoms with E-state index in [1.165, 1.54) is 17.8 Å². The molecule has 10 nitrogen and oxygen atoms in total. The summed E-state index contributed by atoms with van der Waals surface area (Å²) >= 11 is 1.32. The smallest absolute Gasteiger partial charge is 0.410 e. The first-order valence-electron chi connectivity index (χ1n) is 12.5. The average molecular weight is 540 g/mol. The van der Waals surface area contributed by atoms with E-state index in [9.17, 15) is 9.59 Å². The number of anilines is 1. The van der Waals surface area contributed by atoms with Crippen LogP contribution in [0.4, 0.5) is 10.5 Å². The Morgan fingerprint density at radius 3 is 2.62 bits per heavy atom. The number of carbonyl (C=O) groups excluding carboxylic acids is 1. The van der Waals surface area contributed by atoms with Crippen LogP contribution in [0.5, 0.6) is 0 Å². The molecule has 2 N–H and O–H groups in total. The molecule has 11 heteroatoms. The highest BCUT2D eigenvalue weighted by molar-refractivity contribution is 7.13. The molecule has 2 aromatic carbocycles. The number of piperidine rings is 1. The summed E-state index contributed by atoms with van der Waals surface area (Å²) in [5.74, 6) is 0.569. The monoisotopic (exact) mass is 539 g/mol. The minimum atomic E-state index is -0.188. The van der Waals surface area contributed by atoms with Crippen molar-refractivity contribution in [1.82, 2.24) is 19.4 Å². The summed E-state index contributed by atoms with van der Waals surface area (Å²) in [5.41, 5.74) is 9.38. The maximum atomic E-state index is 13.1. The maximum absolute atomic E-state index is 13.1. The molecule has 6 rings (SSSR count). The zero-order chi connectivity index (χ0) is 27.5. The number of nitriles is 2. The third-order valence-corrected chi connectivity index (χ3v) is 7.73. The molecule has 0 spiro atoms. The molecule has 39 heavy (non-hydrogen) atoms. The van der Waals surface area contributed by atoms with Crippen molar-refractivity contribution in [2.45, 2.75) is 38.8 Å². The SMILES string of the molecule is Cc1nc2cc(-c3nc(C#N)cs3)c(N)cc2c(=O)n1Cc1ccc(C#N)cc1.O=C1OCC2CCCCN12.